The van der Waals surface area contributed by atoms with Gasteiger partial charge in [0.2, 0.25) is 5.91 Å². The molecule has 1 saturated heterocycles. The van der Waals surface area contributed by atoms with Gasteiger partial charge in [0, 0.05) is 24.6 Å². The highest BCUT2D eigenvalue weighted by Crippen LogP contribution is 2.22. The summed E-state index contributed by atoms with van der Waals surface area (Å²) in [5.41, 5.74) is 0.778. The van der Waals surface area contributed by atoms with Crippen LogP contribution in [0, 0.1) is 0 Å². The Morgan fingerprint density at radius 1 is 1.39 bits per heavy atom. The Hall–Kier alpha value is -1.32. The molecule has 0 aromatic heterocycles. The third-order valence-corrected chi connectivity index (χ3v) is 3.43. The number of likely N-dealkylation sites (tertiary alicyclic amines) is 1. The Morgan fingerprint density at radius 3 is 2.72 bits per heavy atom. The quantitative estimate of drug-likeness (QED) is 0.766. The molecule has 0 aromatic carbocycles. The molecule has 0 spiro atoms. The molecule has 1 atom stereocenters. The summed E-state index contributed by atoms with van der Waals surface area (Å²) in [6, 6.07) is 0.0996. The number of carbonyl (C=O) groups excluding carboxylic acids is 1. The predicted molar refractivity (Wildman–Crippen MR) is 70.3 cm³/mol. The van der Waals surface area contributed by atoms with Crippen molar-refractivity contribution in [3.63, 3.8) is 0 Å². The lowest BCUT2D eigenvalue weighted by molar-refractivity contribution is -0.139. The smallest absolute Gasteiger partial charge is 0.303 e. The van der Waals surface area contributed by atoms with E-state index in [9.17, 15) is 9.59 Å². The van der Waals surface area contributed by atoms with E-state index in [0.29, 0.717) is 6.42 Å². The van der Waals surface area contributed by atoms with Gasteiger partial charge in [-0.3, -0.25) is 9.59 Å². The number of hydrogen-bond acceptors (Lipinski definition) is 2. The summed E-state index contributed by atoms with van der Waals surface area (Å²) < 4.78 is 0. The zero-order valence-corrected chi connectivity index (χ0v) is 11.3. The van der Waals surface area contributed by atoms with Gasteiger partial charge in [-0.15, -0.1) is 0 Å². The van der Waals surface area contributed by atoms with E-state index >= 15 is 0 Å². The highest BCUT2D eigenvalue weighted by atomic mass is 16.4. The maximum Gasteiger partial charge on any atom is 0.303 e. The summed E-state index contributed by atoms with van der Waals surface area (Å²) in [6.07, 6.45) is 6.54. The number of amides is 1. The zero-order valence-electron chi connectivity index (χ0n) is 11.3. The van der Waals surface area contributed by atoms with Crippen molar-refractivity contribution in [2.24, 2.45) is 0 Å². The van der Waals surface area contributed by atoms with E-state index in [0.717, 1.165) is 37.8 Å². The van der Waals surface area contributed by atoms with Crippen LogP contribution in [0.1, 0.15) is 52.4 Å². The molecule has 0 radical (unpaired) electrons. The number of piperidine rings is 1. The van der Waals surface area contributed by atoms with E-state index in [1.54, 1.807) is 0 Å². The number of carboxylic acids is 1. The lowest BCUT2D eigenvalue weighted by Crippen LogP contribution is -2.44. The van der Waals surface area contributed by atoms with Crippen LogP contribution in [0.4, 0.5) is 0 Å². The summed E-state index contributed by atoms with van der Waals surface area (Å²) in [7, 11) is 0. The predicted octanol–water partition coefficient (Wildman–Crippen LogP) is 2.59. The average molecular weight is 253 g/mol. The topological polar surface area (TPSA) is 57.6 Å². The second-order valence-corrected chi connectivity index (χ2v) is 4.88. The first kappa shape index (κ1) is 14.7. The second kappa shape index (κ2) is 7.19. The summed E-state index contributed by atoms with van der Waals surface area (Å²) >= 11 is 0. The summed E-state index contributed by atoms with van der Waals surface area (Å²) in [5.74, 6) is -0.708. The van der Waals surface area contributed by atoms with Gasteiger partial charge in [0.05, 0.1) is 0 Å². The van der Waals surface area contributed by atoms with Gasteiger partial charge in [-0.05, 0) is 39.0 Å². The highest BCUT2D eigenvalue weighted by Gasteiger charge is 2.27. The molecular weight excluding hydrogens is 230 g/mol. The van der Waals surface area contributed by atoms with Crippen LogP contribution in [0.25, 0.3) is 0 Å². The van der Waals surface area contributed by atoms with Crippen molar-refractivity contribution in [3.05, 3.63) is 11.6 Å². The molecule has 1 aliphatic rings. The van der Waals surface area contributed by atoms with E-state index in [1.807, 2.05) is 24.8 Å². The van der Waals surface area contributed by atoms with Gasteiger partial charge in [-0.1, -0.05) is 13.0 Å². The number of hydrogen-bond donors (Lipinski definition) is 1. The van der Waals surface area contributed by atoms with Crippen LogP contribution in [-0.4, -0.2) is 34.5 Å². The summed E-state index contributed by atoms with van der Waals surface area (Å²) in [5, 5.41) is 8.75. The molecule has 1 N–H and O–H groups in total. The van der Waals surface area contributed by atoms with E-state index in [1.165, 1.54) is 0 Å². The van der Waals surface area contributed by atoms with Crippen molar-refractivity contribution < 1.29 is 14.7 Å². The molecule has 1 unspecified atom stereocenters. The molecule has 18 heavy (non-hydrogen) atoms. The van der Waals surface area contributed by atoms with Gasteiger partial charge < -0.3 is 10.0 Å². The van der Waals surface area contributed by atoms with Gasteiger partial charge in [-0.2, -0.15) is 0 Å². The standard InChI is InChI=1S/C14H23NO3/c1-3-6-11(2)14(18)15-10-5-4-7-12(15)8-9-13(16)17/h6,12H,3-5,7-10H2,1-2H3,(H,16,17)/b11-6-. The molecular formula is C14H23NO3. The zero-order chi connectivity index (χ0) is 13.5. The minimum atomic E-state index is -0.784. The average Bonchev–Trinajstić information content (AvgIpc) is 2.36. The Kier molecular flexibility index (Phi) is 5.89. The van der Waals surface area contributed by atoms with Gasteiger partial charge in [0.15, 0.2) is 0 Å². The minimum Gasteiger partial charge on any atom is -0.481 e. The second-order valence-electron chi connectivity index (χ2n) is 4.88. The molecule has 0 aromatic rings. The first-order valence-corrected chi connectivity index (χ1v) is 6.75. The van der Waals surface area contributed by atoms with E-state index in [-0.39, 0.29) is 18.4 Å². The molecule has 102 valence electrons. The monoisotopic (exact) mass is 253 g/mol. The van der Waals surface area contributed by atoms with Crippen molar-refractivity contribution in [1.82, 2.24) is 4.90 Å². The SMILES string of the molecule is CC/C=C(/C)C(=O)N1CCCCC1CCC(=O)O. The normalized spacial score (nSPS) is 20.9. The fourth-order valence-electron chi connectivity index (χ4n) is 2.48. The summed E-state index contributed by atoms with van der Waals surface area (Å²) in [4.78, 5) is 24.8. The number of nitrogens with zero attached hydrogens (tertiary/aromatic N) is 1. The third-order valence-electron chi connectivity index (χ3n) is 3.43. The van der Waals surface area contributed by atoms with Crippen LogP contribution in [0.3, 0.4) is 0 Å². The number of aliphatic carboxylic acids is 1. The molecule has 1 fully saturated rings. The largest absolute Gasteiger partial charge is 0.481 e. The Bertz CT molecular complexity index is 336. The molecule has 0 saturated carbocycles. The van der Waals surface area contributed by atoms with Crippen molar-refractivity contribution in [2.75, 3.05) is 6.54 Å². The molecule has 1 heterocycles. The number of carbonyl (C=O) groups is 2. The van der Waals surface area contributed by atoms with Crippen molar-refractivity contribution in [3.8, 4) is 0 Å². The van der Waals surface area contributed by atoms with Crippen LogP contribution in [0.5, 0.6) is 0 Å². The molecule has 0 bridgehead atoms. The van der Waals surface area contributed by atoms with Crippen LogP contribution in [0.2, 0.25) is 0 Å². The number of allylic oxidation sites excluding steroid dienone is 1. The van der Waals surface area contributed by atoms with Gasteiger partial charge in [0.1, 0.15) is 0 Å². The molecule has 4 heteroatoms. The van der Waals surface area contributed by atoms with Crippen molar-refractivity contribution >= 4 is 11.9 Å². The maximum absolute atomic E-state index is 12.3. The van der Waals surface area contributed by atoms with Gasteiger partial charge in [-0.25, -0.2) is 0 Å². The number of rotatable bonds is 5. The van der Waals surface area contributed by atoms with Gasteiger partial charge in [0.25, 0.3) is 0 Å². The van der Waals surface area contributed by atoms with Crippen molar-refractivity contribution in [1.29, 1.82) is 0 Å². The molecule has 1 amide bonds. The molecule has 1 aliphatic heterocycles. The Morgan fingerprint density at radius 2 is 2.11 bits per heavy atom. The van der Waals surface area contributed by atoms with Crippen LogP contribution < -0.4 is 0 Å². The first-order valence-electron chi connectivity index (χ1n) is 6.75. The van der Waals surface area contributed by atoms with Crippen LogP contribution in [0.15, 0.2) is 11.6 Å². The van der Waals surface area contributed by atoms with Crippen LogP contribution in [-0.2, 0) is 9.59 Å². The molecule has 4 nitrogen and oxygen atoms in total. The molecule has 0 aliphatic carbocycles. The number of carboxylic acid groups (broad SMARTS) is 1. The fraction of sp³-hybridized carbons (Fsp3) is 0.714. The van der Waals surface area contributed by atoms with E-state index in [4.69, 9.17) is 5.11 Å². The lowest BCUT2D eigenvalue weighted by Gasteiger charge is -2.36. The van der Waals surface area contributed by atoms with Gasteiger partial charge >= 0.3 is 5.97 Å². The Labute approximate surface area is 109 Å². The Balaban J connectivity index is 2.66. The summed E-state index contributed by atoms with van der Waals surface area (Å²) in [6.45, 7) is 4.61. The highest BCUT2D eigenvalue weighted by molar-refractivity contribution is 5.93. The van der Waals surface area contributed by atoms with E-state index < -0.39 is 5.97 Å². The molecule has 1 rings (SSSR count). The third kappa shape index (κ3) is 4.17. The van der Waals surface area contributed by atoms with Crippen molar-refractivity contribution in [2.45, 2.75) is 58.4 Å². The van der Waals surface area contributed by atoms with Crippen LogP contribution >= 0.6 is 0 Å². The first-order chi connectivity index (χ1) is 8.56. The fourth-order valence-corrected chi connectivity index (χ4v) is 2.48. The minimum absolute atomic E-state index is 0.0759. The lowest BCUT2D eigenvalue weighted by atomic mass is 9.97. The maximum atomic E-state index is 12.3. The van der Waals surface area contributed by atoms with E-state index in [2.05, 4.69) is 0 Å².